The number of aromatic amines is 1. The number of ether oxygens (including phenoxy) is 1. The summed E-state index contributed by atoms with van der Waals surface area (Å²) in [5.41, 5.74) is 1.93. The molecule has 6 nitrogen and oxygen atoms in total. The molecule has 0 unspecified atom stereocenters. The second-order valence-electron chi connectivity index (χ2n) is 6.54. The van der Waals surface area contributed by atoms with E-state index in [0.717, 1.165) is 23.4 Å². The number of H-pyrrole nitrogens is 1. The first-order valence-corrected chi connectivity index (χ1v) is 9.00. The summed E-state index contributed by atoms with van der Waals surface area (Å²) in [6.07, 6.45) is 2.98. The molecule has 1 aliphatic heterocycles. The number of hydrogen-bond donors (Lipinski definition) is 1. The van der Waals surface area contributed by atoms with Crippen LogP contribution in [0, 0.1) is 6.92 Å². The largest absolute Gasteiger partial charge is 0.484 e. The highest BCUT2D eigenvalue weighted by Crippen LogP contribution is 2.16. The monoisotopic (exact) mass is 355 g/mol. The van der Waals surface area contributed by atoms with Crippen LogP contribution in [0.4, 0.5) is 0 Å². The number of para-hydroxylation sites is 1. The molecular weight excluding hydrogens is 330 g/mol. The number of carbonyl (C=O) groups excluding carboxylic acids is 2. The SMILES string of the molecule is Cc1ccccc1OCC(=O)N1CCCN(C(=O)Cc2ccc[nH]2)CC1. The van der Waals surface area contributed by atoms with Crippen molar-refractivity contribution in [1.82, 2.24) is 14.8 Å². The molecule has 0 aliphatic carbocycles. The second kappa shape index (κ2) is 8.56. The van der Waals surface area contributed by atoms with E-state index < -0.39 is 0 Å². The predicted molar refractivity (Wildman–Crippen MR) is 98.9 cm³/mol. The lowest BCUT2D eigenvalue weighted by atomic mass is 10.2. The molecule has 0 saturated carbocycles. The zero-order valence-corrected chi connectivity index (χ0v) is 15.1. The molecule has 138 valence electrons. The third-order valence-electron chi connectivity index (χ3n) is 4.65. The highest BCUT2D eigenvalue weighted by molar-refractivity contribution is 5.79. The van der Waals surface area contributed by atoms with Crippen molar-refractivity contribution in [2.75, 3.05) is 32.8 Å². The van der Waals surface area contributed by atoms with Gasteiger partial charge in [0.1, 0.15) is 5.75 Å². The number of benzene rings is 1. The zero-order chi connectivity index (χ0) is 18.4. The summed E-state index contributed by atoms with van der Waals surface area (Å²) in [4.78, 5) is 31.6. The van der Waals surface area contributed by atoms with Crippen molar-refractivity contribution in [3.05, 3.63) is 53.9 Å². The van der Waals surface area contributed by atoms with E-state index in [0.29, 0.717) is 32.6 Å². The molecule has 1 saturated heterocycles. The third kappa shape index (κ3) is 4.65. The van der Waals surface area contributed by atoms with E-state index in [1.54, 1.807) is 4.90 Å². The first kappa shape index (κ1) is 18.0. The number of rotatable bonds is 5. The quantitative estimate of drug-likeness (QED) is 0.892. The maximum Gasteiger partial charge on any atom is 0.260 e. The Balaban J connectivity index is 1.49. The Morgan fingerprint density at radius 2 is 1.73 bits per heavy atom. The van der Waals surface area contributed by atoms with E-state index in [1.807, 2.05) is 54.4 Å². The van der Waals surface area contributed by atoms with Gasteiger partial charge in [-0.25, -0.2) is 0 Å². The predicted octanol–water partition coefficient (Wildman–Crippen LogP) is 2.01. The summed E-state index contributed by atoms with van der Waals surface area (Å²) in [6.45, 7) is 4.44. The summed E-state index contributed by atoms with van der Waals surface area (Å²) >= 11 is 0. The van der Waals surface area contributed by atoms with E-state index in [1.165, 1.54) is 0 Å². The van der Waals surface area contributed by atoms with Gasteiger partial charge < -0.3 is 19.5 Å². The summed E-state index contributed by atoms with van der Waals surface area (Å²) in [7, 11) is 0. The Morgan fingerprint density at radius 3 is 2.42 bits per heavy atom. The Bertz CT molecular complexity index is 743. The molecule has 26 heavy (non-hydrogen) atoms. The average Bonchev–Trinajstić information content (AvgIpc) is 3.02. The van der Waals surface area contributed by atoms with Gasteiger partial charge >= 0.3 is 0 Å². The van der Waals surface area contributed by atoms with Crippen molar-refractivity contribution < 1.29 is 14.3 Å². The van der Waals surface area contributed by atoms with Gasteiger partial charge in [0.15, 0.2) is 6.61 Å². The topological polar surface area (TPSA) is 65.6 Å². The van der Waals surface area contributed by atoms with Crippen molar-refractivity contribution in [2.45, 2.75) is 19.8 Å². The molecule has 1 aromatic heterocycles. The third-order valence-corrected chi connectivity index (χ3v) is 4.65. The smallest absolute Gasteiger partial charge is 0.260 e. The van der Waals surface area contributed by atoms with Gasteiger partial charge in [-0.05, 0) is 37.1 Å². The molecule has 3 rings (SSSR count). The highest BCUT2D eigenvalue weighted by atomic mass is 16.5. The first-order chi connectivity index (χ1) is 12.6. The lowest BCUT2D eigenvalue weighted by Crippen LogP contribution is -2.39. The van der Waals surface area contributed by atoms with Crippen molar-refractivity contribution in [3.8, 4) is 5.75 Å². The number of amides is 2. The normalized spacial score (nSPS) is 14.8. The van der Waals surface area contributed by atoms with Crippen molar-refractivity contribution in [3.63, 3.8) is 0 Å². The van der Waals surface area contributed by atoms with Gasteiger partial charge in [0.2, 0.25) is 5.91 Å². The van der Waals surface area contributed by atoms with Crippen LogP contribution in [-0.4, -0.2) is 59.4 Å². The molecule has 0 bridgehead atoms. The molecule has 0 radical (unpaired) electrons. The minimum absolute atomic E-state index is 0.0290. The van der Waals surface area contributed by atoms with Gasteiger partial charge in [-0.2, -0.15) is 0 Å². The van der Waals surface area contributed by atoms with Gasteiger partial charge in [0, 0.05) is 38.1 Å². The molecule has 1 aromatic carbocycles. The molecular formula is C20H25N3O3. The number of aromatic nitrogens is 1. The van der Waals surface area contributed by atoms with Gasteiger partial charge in [0.05, 0.1) is 6.42 Å². The number of carbonyl (C=O) groups is 2. The van der Waals surface area contributed by atoms with E-state index in [-0.39, 0.29) is 18.4 Å². The van der Waals surface area contributed by atoms with Crippen LogP contribution in [0.2, 0.25) is 0 Å². The standard InChI is InChI=1S/C20H25N3O3/c1-16-6-2-3-8-18(16)26-15-20(25)23-11-5-10-22(12-13-23)19(24)14-17-7-4-9-21-17/h2-4,6-9,21H,5,10-15H2,1H3. The van der Waals surface area contributed by atoms with E-state index >= 15 is 0 Å². The molecule has 2 amide bonds. The summed E-state index contributed by atoms with van der Waals surface area (Å²) < 4.78 is 5.66. The van der Waals surface area contributed by atoms with Gasteiger partial charge in [-0.15, -0.1) is 0 Å². The van der Waals surface area contributed by atoms with Crippen LogP contribution in [-0.2, 0) is 16.0 Å². The zero-order valence-electron chi connectivity index (χ0n) is 15.1. The first-order valence-electron chi connectivity index (χ1n) is 9.00. The Hall–Kier alpha value is -2.76. The molecule has 2 aromatic rings. The van der Waals surface area contributed by atoms with Crippen molar-refractivity contribution >= 4 is 11.8 Å². The lowest BCUT2D eigenvalue weighted by Gasteiger charge is -2.22. The maximum absolute atomic E-state index is 12.5. The lowest BCUT2D eigenvalue weighted by molar-refractivity contribution is -0.134. The van der Waals surface area contributed by atoms with Crippen LogP contribution < -0.4 is 4.74 Å². The van der Waals surface area contributed by atoms with Gasteiger partial charge in [-0.3, -0.25) is 9.59 Å². The molecule has 1 fully saturated rings. The Labute approximate surface area is 153 Å². The summed E-state index contributed by atoms with van der Waals surface area (Å²) in [5.74, 6) is 0.795. The maximum atomic E-state index is 12.5. The van der Waals surface area contributed by atoms with Crippen LogP contribution in [0.15, 0.2) is 42.6 Å². The van der Waals surface area contributed by atoms with Gasteiger partial charge in [-0.1, -0.05) is 18.2 Å². The molecule has 0 spiro atoms. The summed E-state index contributed by atoms with van der Waals surface area (Å²) in [5, 5.41) is 0. The van der Waals surface area contributed by atoms with Crippen molar-refractivity contribution in [2.24, 2.45) is 0 Å². The van der Waals surface area contributed by atoms with E-state index in [4.69, 9.17) is 4.74 Å². The molecule has 0 atom stereocenters. The fraction of sp³-hybridized carbons (Fsp3) is 0.400. The molecule has 1 N–H and O–H groups in total. The number of nitrogens with one attached hydrogen (secondary N) is 1. The minimum atomic E-state index is -0.0353. The highest BCUT2D eigenvalue weighted by Gasteiger charge is 2.22. The molecule has 1 aliphatic rings. The van der Waals surface area contributed by atoms with Crippen LogP contribution in [0.25, 0.3) is 0 Å². The van der Waals surface area contributed by atoms with Crippen molar-refractivity contribution in [1.29, 1.82) is 0 Å². The van der Waals surface area contributed by atoms with Crippen LogP contribution in [0.3, 0.4) is 0 Å². The van der Waals surface area contributed by atoms with Crippen LogP contribution >= 0.6 is 0 Å². The fourth-order valence-electron chi connectivity index (χ4n) is 3.12. The van der Waals surface area contributed by atoms with Gasteiger partial charge in [0.25, 0.3) is 5.91 Å². The number of aryl methyl sites for hydroxylation is 1. The second-order valence-corrected chi connectivity index (χ2v) is 6.54. The fourth-order valence-corrected chi connectivity index (χ4v) is 3.12. The Kier molecular flexibility index (Phi) is 5.94. The van der Waals surface area contributed by atoms with E-state index in [2.05, 4.69) is 4.98 Å². The van der Waals surface area contributed by atoms with E-state index in [9.17, 15) is 9.59 Å². The Morgan fingerprint density at radius 1 is 1.00 bits per heavy atom. The average molecular weight is 355 g/mol. The summed E-state index contributed by atoms with van der Waals surface area (Å²) in [6, 6.07) is 11.5. The molecule has 2 heterocycles. The minimum Gasteiger partial charge on any atom is -0.484 e. The molecule has 6 heteroatoms. The number of hydrogen-bond acceptors (Lipinski definition) is 3. The van der Waals surface area contributed by atoms with Crippen LogP contribution in [0.1, 0.15) is 17.7 Å². The number of nitrogens with zero attached hydrogens (tertiary/aromatic N) is 2. The van der Waals surface area contributed by atoms with Crippen LogP contribution in [0.5, 0.6) is 5.75 Å².